The monoisotopic (exact) mass is 228 g/mol. The van der Waals surface area contributed by atoms with Crippen molar-refractivity contribution in [2.24, 2.45) is 0 Å². The molecule has 0 saturated carbocycles. The van der Waals surface area contributed by atoms with Crippen LogP contribution in [0.25, 0.3) is 0 Å². The van der Waals surface area contributed by atoms with E-state index in [0.717, 1.165) is 4.95 Å². The third-order valence-electron chi connectivity index (χ3n) is 1.89. The van der Waals surface area contributed by atoms with Crippen molar-refractivity contribution >= 4 is 29.2 Å². The first-order chi connectivity index (χ1) is 5.17. The molecule has 0 aliphatic heterocycles. The van der Waals surface area contributed by atoms with Crippen LogP contribution in [0.15, 0.2) is 30.3 Å². The van der Waals surface area contributed by atoms with Crippen LogP contribution in [-0.4, -0.2) is 13.0 Å². The number of alkyl halides is 1. The highest BCUT2D eigenvalue weighted by atomic mass is 79.9. The quantitative estimate of drug-likeness (QED) is 0.540. The lowest BCUT2D eigenvalue weighted by Crippen LogP contribution is -2.43. The third kappa shape index (κ3) is 2.17. The molecule has 0 saturated heterocycles. The first-order valence-electron chi connectivity index (χ1n) is 3.78. The molecule has 0 bridgehead atoms. The lowest BCUT2D eigenvalue weighted by Gasteiger charge is -2.19. The lowest BCUT2D eigenvalue weighted by molar-refractivity contribution is 1.67. The van der Waals surface area contributed by atoms with Gasteiger partial charge < -0.3 is 0 Å². The average Bonchev–Trinajstić information content (AvgIpc) is 2.06. The van der Waals surface area contributed by atoms with Crippen molar-refractivity contribution in [2.45, 2.75) is 13.1 Å². The Kier molecular flexibility index (Phi) is 2.90. The van der Waals surface area contributed by atoms with E-state index in [4.69, 9.17) is 0 Å². The normalized spacial score (nSPS) is 11.5. The van der Waals surface area contributed by atoms with Crippen molar-refractivity contribution in [1.29, 1.82) is 0 Å². The molecule has 1 aromatic carbocycles. The summed E-state index contributed by atoms with van der Waals surface area (Å²) in [6.07, 6.45) is 0. The van der Waals surface area contributed by atoms with Crippen LogP contribution in [0.5, 0.6) is 0 Å². The predicted molar refractivity (Wildman–Crippen MR) is 57.4 cm³/mol. The molecule has 0 aliphatic rings. The summed E-state index contributed by atoms with van der Waals surface area (Å²) in [7, 11) is -1.14. The second-order valence-corrected chi connectivity index (χ2v) is 9.68. The van der Waals surface area contributed by atoms with Gasteiger partial charge in [0.25, 0.3) is 0 Å². The Labute approximate surface area is 77.8 Å². The van der Waals surface area contributed by atoms with Crippen LogP contribution in [-0.2, 0) is 0 Å². The minimum absolute atomic E-state index is 1.14. The first-order valence-corrected chi connectivity index (χ1v) is 8.11. The van der Waals surface area contributed by atoms with Gasteiger partial charge in [-0.15, -0.1) is 0 Å². The number of halogens is 1. The molecule has 0 nitrogen and oxygen atoms in total. The fourth-order valence-electron chi connectivity index (χ4n) is 0.966. The molecule has 0 fully saturated rings. The second kappa shape index (κ2) is 3.54. The maximum absolute atomic E-state index is 3.57. The largest absolute Gasteiger partial charge is 0.0958 e. The summed E-state index contributed by atoms with van der Waals surface area (Å²) < 4.78 is 0. The van der Waals surface area contributed by atoms with Gasteiger partial charge in [0.1, 0.15) is 0 Å². The molecule has 1 aromatic rings. The zero-order valence-corrected chi connectivity index (χ0v) is 9.56. The molecule has 0 heterocycles. The number of hydrogen-bond donors (Lipinski definition) is 0. The van der Waals surface area contributed by atoms with Crippen molar-refractivity contribution in [2.75, 3.05) is 4.95 Å². The van der Waals surface area contributed by atoms with Crippen molar-refractivity contribution in [1.82, 2.24) is 0 Å². The molecule has 11 heavy (non-hydrogen) atoms. The second-order valence-electron chi connectivity index (χ2n) is 3.38. The molecule has 0 spiro atoms. The Hall–Kier alpha value is -0.0831. The Bertz CT molecular complexity index is 218. The Morgan fingerprint density at radius 3 is 2.18 bits per heavy atom. The van der Waals surface area contributed by atoms with Crippen molar-refractivity contribution in [3.05, 3.63) is 30.3 Å². The fraction of sp³-hybridized carbons (Fsp3) is 0.333. The van der Waals surface area contributed by atoms with E-state index >= 15 is 0 Å². The SMILES string of the molecule is C[Si](C)(CBr)c1ccccc1. The number of benzene rings is 1. The molecule has 60 valence electrons. The summed E-state index contributed by atoms with van der Waals surface area (Å²) in [4.78, 5) is 1.14. The van der Waals surface area contributed by atoms with Crippen LogP contribution in [0.3, 0.4) is 0 Å². The Morgan fingerprint density at radius 1 is 1.18 bits per heavy atom. The summed E-state index contributed by atoms with van der Waals surface area (Å²) in [5.74, 6) is 0. The van der Waals surface area contributed by atoms with E-state index in [-0.39, 0.29) is 0 Å². The van der Waals surface area contributed by atoms with Gasteiger partial charge in [-0.3, -0.25) is 0 Å². The van der Waals surface area contributed by atoms with E-state index in [0.29, 0.717) is 0 Å². The molecule has 0 radical (unpaired) electrons. The number of hydrogen-bond acceptors (Lipinski definition) is 0. The molecule has 0 unspecified atom stereocenters. The molecular formula is C9H13BrSi. The van der Waals surface area contributed by atoms with E-state index in [2.05, 4.69) is 59.4 Å². The van der Waals surface area contributed by atoms with E-state index in [1.807, 2.05) is 0 Å². The van der Waals surface area contributed by atoms with Crippen LogP contribution in [0.2, 0.25) is 13.1 Å². The smallest absolute Gasteiger partial charge is 0.0911 e. The van der Waals surface area contributed by atoms with E-state index < -0.39 is 8.07 Å². The molecule has 0 atom stereocenters. The lowest BCUT2D eigenvalue weighted by atomic mass is 10.4. The maximum Gasteiger partial charge on any atom is 0.0911 e. The molecule has 2 heteroatoms. The average molecular weight is 229 g/mol. The fourth-order valence-corrected chi connectivity index (χ4v) is 3.19. The van der Waals surface area contributed by atoms with Gasteiger partial charge in [0.2, 0.25) is 0 Å². The van der Waals surface area contributed by atoms with Crippen molar-refractivity contribution < 1.29 is 0 Å². The minimum atomic E-state index is -1.14. The van der Waals surface area contributed by atoms with Crippen LogP contribution in [0.4, 0.5) is 0 Å². The molecule has 0 aliphatic carbocycles. The highest BCUT2D eigenvalue weighted by Gasteiger charge is 2.20. The van der Waals surface area contributed by atoms with Gasteiger partial charge in [-0.1, -0.05) is 64.5 Å². The maximum atomic E-state index is 3.57. The molecule has 0 aromatic heterocycles. The van der Waals surface area contributed by atoms with Gasteiger partial charge in [0.15, 0.2) is 0 Å². The van der Waals surface area contributed by atoms with Gasteiger partial charge >= 0.3 is 0 Å². The number of rotatable bonds is 2. The molecule has 1 rings (SSSR count). The van der Waals surface area contributed by atoms with Crippen LogP contribution in [0.1, 0.15) is 0 Å². The van der Waals surface area contributed by atoms with E-state index in [1.54, 1.807) is 0 Å². The Morgan fingerprint density at radius 2 is 1.73 bits per heavy atom. The zero-order valence-electron chi connectivity index (χ0n) is 6.97. The third-order valence-corrected chi connectivity index (χ3v) is 8.66. The van der Waals surface area contributed by atoms with Gasteiger partial charge in [-0.05, 0) is 0 Å². The van der Waals surface area contributed by atoms with Gasteiger partial charge in [-0.2, -0.15) is 0 Å². The highest BCUT2D eigenvalue weighted by Crippen LogP contribution is 2.05. The highest BCUT2D eigenvalue weighted by molar-refractivity contribution is 9.09. The van der Waals surface area contributed by atoms with Crippen molar-refractivity contribution in [3.8, 4) is 0 Å². The van der Waals surface area contributed by atoms with E-state index in [9.17, 15) is 0 Å². The van der Waals surface area contributed by atoms with Gasteiger partial charge in [-0.25, -0.2) is 0 Å². The minimum Gasteiger partial charge on any atom is -0.0958 e. The van der Waals surface area contributed by atoms with Crippen LogP contribution in [0, 0.1) is 0 Å². The molecular weight excluding hydrogens is 216 g/mol. The van der Waals surface area contributed by atoms with Gasteiger partial charge in [0, 0.05) is 4.95 Å². The zero-order chi connectivity index (χ0) is 8.32. The Balaban J connectivity index is 2.93. The summed E-state index contributed by atoms with van der Waals surface area (Å²) in [6.45, 7) is 4.74. The summed E-state index contributed by atoms with van der Waals surface area (Å²) in [5.41, 5.74) is 0. The molecule has 0 amide bonds. The predicted octanol–water partition coefficient (Wildman–Crippen LogP) is 2.54. The van der Waals surface area contributed by atoms with Crippen LogP contribution < -0.4 is 5.19 Å². The van der Waals surface area contributed by atoms with E-state index in [1.165, 1.54) is 5.19 Å². The summed E-state index contributed by atoms with van der Waals surface area (Å²) in [5, 5.41) is 1.52. The van der Waals surface area contributed by atoms with Crippen LogP contribution >= 0.6 is 15.9 Å². The first kappa shape index (κ1) is 9.01. The topological polar surface area (TPSA) is 0 Å². The molecule has 0 N–H and O–H groups in total. The summed E-state index contributed by atoms with van der Waals surface area (Å²) >= 11 is 3.57. The standard InChI is InChI=1S/C9H13BrSi/c1-11(2,8-10)9-6-4-3-5-7-9/h3-7H,8H2,1-2H3. The van der Waals surface area contributed by atoms with Crippen molar-refractivity contribution in [3.63, 3.8) is 0 Å². The summed E-state index contributed by atoms with van der Waals surface area (Å²) in [6, 6.07) is 10.8. The van der Waals surface area contributed by atoms with Gasteiger partial charge in [0.05, 0.1) is 8.07 Å².